The predicted molar refractivity (Wildman–Crippen MR) is 214 cm³/mol. The summed E-state index contributed by atoms with van der Waals surface area (Å²) < 4.78 is 28.4. The predicted octanol–water partition coefficient (Wildman–Crippen LogP) is 7.71. The molecule has 3 aliphatic rings. The molecule has 2 N–H and O–H groups in total. The number of likely N-dealkylation sites (tertiary alicyclic amines) is 2. The number of aryl methyl sites for hydroxylation is 2. The molecule has 5 heterocycles. The summed E-state index contributed by atoms with van der Waals surface area (Å²) in [5.41, 5.74) is 4.08. The Labute approximate surface area is 331 Å². The van der Waals surface area contributed by atoms with Gasteiger partial charge >= 0.3 is 17.8 Å². The van der Waals surface area contributed by atoms with Crippen molar-refractivity contribution in [2.45, 2.75) is 90.5 Å². The lowest BCUT2D eigenvalue weighted by molar-refractivity contribution is 0.0198. The van der Waals surface area contributed by atoms with Gasteiger partial charge in [-0.15, -0.1) is 0 Å². The van der Waals surface area contributed by atoms with E-state index in [4.69, 9.17) is 33.3 Å². The Morgan fingerprint density at radius 2 is 1.44 bits per heavy atom. The van der Waals surface area contributed by atoms with Gasteiger partial charge in [0.15, 0.2) is 0 Å². The SMILES string of the molecule is COC[C@H]1C[C@@H](c2ncc(-c3ccc4c(c3)c(=O)oc3cc5c(cc34)CCc3[nH]c([C@@H]4C[C@H](COC)CN4C(=O)OC(C)(C)C)nc3-5)[nH]2)N(C(=O)OC(C)(C)C)C1. The van der Waals surface area contributed by atoms with Crippen molar-refractivity contribution < 1.29 is 33.0 Å². The average Bonchev–Trinajstić information content (AvgIpc) is 3.95. The van der Waals surface area contributed by atoms with Gasteiger partial charge in [0.25, 0.3) is 0 Å². The highest BCUT2D eigenvalue weighted by Crippen LogP contribution is 2.42. The summed E-state index contributed by atoms with van der Waals surface area (Å²) in [6.45, 7) is 13.2. The molecule has 0 saturated carbocycles. The standard InChI is InChI=1S/C43H52N6O8/c1-42(2,3)56-40(51)48-19-23(21-53-7)13-33(48)37-44-18-32(46-37)26-9-11-27-29-15-25-10-12-31-36(28(25)17-35(29)55-39(50)30(27)16-26)47-38(45-31)34-14-24(22-54-8)20-49(34)41(52)57-43(4,5)6/h9,11,15-18,23-24,33-34H,10,12-14,19-22H2,1-8H3,(H,44,46)(H,45,47)/t23-,24-,33-,34-/m0/s1. The van der Waals surface area contributed by atoms with E-state index < -0.39 is 16.8 Å². The van der Waals surface area contributed by atoms with Gasteiger partial charge in [-0.25, -0.2) is 24.4 Å². The first kappa shape index (κ1) is 38.7. The zero-order valence-corrected chi connectivity index (χ0v) is 34.0. The van der Waals surface area contributed by atoms with E-state index >= 15 is 0 Å². The van der Waals surface area contributed by atoms with Crippen LogP contribution in [0, 0.1) is 11.8 Å². The van der Waals surface area contributed by atoms with Gasteiger partial charge in [-0.2, -0.15) is 0 Å². The van der Waals surface area contributed by atoms with Crippen molar-refractivity contribution in [3.8, 4) is 22.5 Å². The topological polar surface area (TPSA) is 165 Å². The molecular formula is C43H52N6O8. The van der Waals surface area contributed by atoms with Crippen LogP contribution in [0.5, 0.6) is 0 Å². The summed E-state index contributed by atoms with van der Waals surface area (Å²) in [5, 5.41) is 2.09. The fraction of sp³-hybridized carbons (Fsp3) is 0.512. The summed E-state index contributed by atoms with van der Waals surface area (Å²) in [5.74, 6) is 1.66. The molecule has 5 aromatic rings. The quantitative estimate of drug-likeness (QED) is 0.123. The van der Waals surface area contributed by atoms with Gasteiger partial charge in [-0.1, -0.05) is 12.1 Å². The zero-order valence-electron chi connectivity index (χ0n) is 34.0. The second kappa shape index (κ2) is 14.6. The molecule has 1 aliphatic carbocycles. The fourth-order valence-corrected chi connectivity index (χ4v) is 8.64. The number of nitrogens with one attached hydrogen (secondary N) is 2. The van der Waals surface area contributed by atoms with Crippen molar-refractivity contribution in [2.24, 2.45) is 11.8 Å². The van der Waals surface area contributed by atoms with Gasteiger partial charge in [-0.05, 0) is 96.4 Å². The van der Waals surface area contributed by atoms with Gasteiger partial charge in [-0.3, -0.25) is 9.80 Å². The second-order valence-electron chi connectivity index (χ2n) is 17.7. The van der Waals surface area contributed by atoms with Crippen LogP contribution < -0.4 is 5.63 Å². The minimum absolute atomic E-state index is 0.141. The lowest BCUT2D eigenvalue weighted by atomic mass is 9.90. The summed E-state index contributed by atoms with van der Waals surface area (Å²) in [7, 11) is 3.33. The van der Waals surface area contributed by atoms with Gasteiger partial charge in [0, 0.05) is 61.4 Å². The van der Waals surface area contributed by atoms with Crippen molar-refractivity contribution in [3.05, 3.63) is 69.9 Å². The molecule has 2 saturated heterocycles. The van der Waals surface area contributed by atoms with Crippen LogP contribution in [0.2, 0.25) is 0 Å². The van der Waals surface area contributed by atoms with Gasteiger partial charge in [0.05, 0.1) is 48.3 Å². The minimum Gasteiger partial charge on any atom is -0.444 e. The van der Waals surface area contributed by atoms with Crippen LogP contribution in [0.15, 0.2) is 45.7 Å². The number of imidazole rings is 2. The summed E-state index contributed by atoms with van der Waals surface area (Å²) in [4.78, 5) is 60.5. The van der Waals surface area contributed by atoms with E-state index in [1.807, 2.05) is 65.8 Å². The molecule has 0 spiro atoms. The van der Waals surface area contributed by atoms with E-state index in [0.717, 1.165) is 57.4 Å². The number of ether oxygens (including phenoxy) is 4. The Balaban J connectivity index is 1.09. The Hall–Kier alpha value is -5.21. The number of aromatic amines is 2. The van der Waals surface area contributed by atoms with Gasteiger partial charge in [0.2, 0.25) is 0 Å². The number of rotatable bonds is 7. The van der Waals surface area contributed by atoms with Crippen LogP contribution >= 0.6 is 0 Å². The van der Waals surface area contributed by atoms with Crippen molar-refractivity contribution in [1.29, 1.82) is 0 Å². The molecule has 2 aromatic carbocycles. The van der Waals surface area contributed by atoms with Crippen LogP contribution in [0.3, 0.4) is 0 Å². The van der Waals surface area contributed by atoms with E-state index in [2.05, 4.69) is 16.0 Å². The number of carbonyl (C=O) groups excluding carboxylic acids is 2. The van der Waals surface area contributed by atoms with E-state index in [1.54, 1.807) is 30.2 Å². The number of nitrogens with zero attached hydrogens (tertiary/aromatic N) is 4. The highest BCUT2D eigenvalue weighted by atomic mass is 16.6. The number of amides is 2. The van der Waals surface area contributed by atoms with Crippen molar-refractivity contribution in [2.75, 3.05) is 40.5 Å². The molecule has 2 aliphatic heterocycles. The fourth-order valence-electron chi connectivity index (χ4n) is 8.64. The Morgan fingerprint density at radius 1 is 0.807 bits per heavy atom. The summed E-state index contributed by atoms with van der Waals surface area (Å²) in [6, 6.07) is 9.20. The molecule has 302 valence electrons. The molecule has 14 heteroatoms. The van der Waals surface area contributed by atoms with Crippen LogP contribution in [0.1, 0.15) is 89.4 Å². The van der Waals surface area contributed by atoms with Crippen LogP contribution in [-0.2, 0) is 31.8 Å². The number of aromatic nitrogens is 4. The first-order valence-electron chi connectivity index (χ1n) is 19.7. The number of hydrogen-bond acceptors (Lipinski definition) is 10. The third-order valence-corrected chi connectivity index (χ3v) is 11.0. The van der Waals surface area contributed by atoms with Crippen molar-refractivity contribution in [1.82, 2.24) is 29.7 Å². The van der Waals surface area contributed by atoms with E-state index in [-0.39, 0.29) is 36.1 Å². The van der Waals surface area contributed by atoms with E-state index in [1.165, 1.54) is 0 Å². The Morgan fingerprint density at radius 3 is 2.05 bits per heavy atom. The first-order valence-corrected chi connectivity index (χ1v) is 19.7. The van der Waals surface area contributed by atoms with Crippen molar-refractivity contribution >= 4 is 33.9 Å². The highest BCUT2D eigenvalue weighted by Gasteiger charge is 2.42. The number of methoxy groups -OCH3 is 2. The molecule has 2 fully saturated rings. The Bertz CT molecular complexity index is 2400. The van der Waals surface area contributed by atoms with E-state index in [0.29, 0.717) is 61.8 Å². The number of carbonyl (C=O) groups is 2. The smallest absolute Gasteiger partial charge is 0.410 e. The summed E-state index contributed by atoms with van der Waals surface area (Å²) in [6.07, 6.45) is 3.88. The maximum atomic E-state index is 13.7. The molecule has 3 aromatic heterocycles. The lowest BCUT2D eigenvalue weighted by Gasteiger charge is -2.27. The van der Waals surface area contributed by atoms with Gasteiger partial charge in [0.1, 0.15) is 28.4 Å². The molecule has 14 nitrogen and oxygen atoms in total. The van der Waals surface area contributed by atoms with Crippen LogP contribution in [0.4, 0.5) is 9.59 Å². The average molecular weight is 781 g/mol. The number of benzene rings is 2. The van der Waals surface area contributed by atoms with Crippen molar-refractivity contribution in [3.63, 3.8) is 0 Å². The maximum Gasteiger partial charge on any atom is 0.410 e. The lowest BCUT2D eigenvalue weighted by Crippen LogP contribution is -2.37. The zero-order chi connectivity index (χ0) is 40.4. The molecule has 2 amide bonds. The molecule has 0 bridgehead atoms. The van der Waals surface area contributed by atoms with E-state index in [9.17, 15) is 14.4 Å². The molecule has 4 atom stereocenters. The number of fused-ring (bicyclic) bond motifs is 6. The number of H-pyrrole nitrogens is 2. The number of hydrogen-bond donors (Lipinski definition) is 2. The van der Waals surface area contributed by atoms with Gasteiger partial charge < -0.3 is 33.3 Å². The highest BCUT2D eigenvalue weighted by molar-refractivity contribution is 6.06. The normalized spacial score (nSPS) is 21.0. The molecule has 0 unspecified atom stereocenters. The Kier molecular flexibility index (Phi) is 9.92. The van der Waals surface area contributed by atoms with Crippen LogP contribution in [0.25, 0.3) is 44.3 Å². The molecular weight excluding hydrogens is 729 g/mol. The third kappa shape index (κ3) is 7.64. The maximum absolute atomic E-state index is 13.7. The molecule has 57 heavy (non-hydrogen) atoms. The third-order valence-electron chi connectivity index (χ3n) is 11.0. The summed E-state index contributed by atoms with van der Waals surface area (Å²) >= 11 is 0. The first-order chi connectivity index (χ1) is 27.1. The molecule has 8 rings (SSSR count). The second-order valence-corrected chi connectivity index (χ2v) is 17.7. The monoisotopic (exact) mass is 780 g/mol. The molecule has 0 radical (unpaired) electrons. The largest absolute Gasteiger partial charge is 0.444 e. The van der Waals surface area contributed by atoms with Crippen LogP contribution in [-0.4, -0.2) is 93.6 Å². The minimum atomic E-state index is -0.632.